The molecular formula is C25H31BrN4O4. The van der Waals surface area contributed by atoms with E-state index in [0.717, 1.165) is 29.7 Å². The van der Waals surface area contributed by atoms with Crippen molar-refractivity contribution in [1.82, 2.24) is 9.80 Å². The van der Waals surface area contributed by atoms with E-state index in [1.807, 2.05) is 24.3 Å². The third-order valence-electron chi connectivity index (χ3n) is 6.61. The van der Waals surface area contributed by atoms with Crippen LogP contribution < -0.4 is 10.6 Å². The first-order valence-corrected chi connectivity index (χ1v) is 12.2. The number of nitrogens with one attached hydrogen (secondary N) is 2. The molecule has 2 atom stereocenters. The normalized spacial score (nSPS) is 22.0. The summed E-state index contributed by atoms with van der Waals surface area (Å²) in [5.74, 6) is -0.278. The van der Waals surface area contributed by atoms with Crippen LogP contribution in [-0.4, -0.2) is 73.8 Å². The third kappa shape index (κ3) is 5.12. The van der Waals surface area contributed by atoms with E-state index in [1.54, 1.807) is 26.2 Å². The SMILES string of the molecule is COCCO[C@H]1CN(C(=O)Nc2ccc(Br)cc2)[C@@]1(C)C(=O)Nc1ccc2c(c1)CCN(C)C2. The molecule has 2 aromatic carbocycles. The standard InChI is InChI=1S/C25H31BrN4O4/c1-25(23(31)27-21-7-4-18-15-29(2)11-10-17(18)14-21)22(34-13-12-33-3)16-30(25)24(32)28-20-8-5-19(26)6-9-20/h4-9,14,22H,10-13,15-16H2,1-3H3,(H,27,31)(H,28,32)/t22-,25+/m0/s1. The molecule has 2 aliphatic heterocycles. The molecule has 0 radical (unpaired) electrons. The Morgan fingerprint density at radius 3 is 2.56 bits per heavy atom. The van der Waals surface area contributed by atoms with Crippen LogP contribution in [-0.2, 0) is 27.2 Å². The van der Waals surface area contributed by atoms with Gasteiger partial charge in [0.15, 0.2) is 0 Å². The molecule has 0 aromatic heterocycles. The van der Waals surface area contributed by atoms with Gasteiger partial charge in [0.2, 0.25) is 0 Å². The van der Waals surface area contributed by atoms with E-state index in [2.05, 4.69) is 44.6 Å². The monoisotopic (exact) mass is 530 g/mol. The van der Waals surface area contributed by atoms with Gasteiger partial charge in [0, 0.05) is 36.0 Å². The molecule has 1 saturated heterocycles. The number of benzene rings is 2. The molecule has 0 aliphatic carbocycles. The number of rotatable bonds is 7. The molecule has 2 aliphatic rings. The summed E-state index contributed by atoms with van der Waals surface area (Å²) in [6.07, 6.45) is 0.502. The Labute approximate surface area is 208 Å². The van der Waals surface area contributed by atoms with Crippen molar-refractivity contribution in [2.75, 3.05) is 51.1 Å². The zero-order valence-electron chi connectivity index (χ0n) is 19.8. The lowest BCUT2D eigenvalue weighted by Crippen LogP contribution is -2.76. The zero-order chi connectivity index (χ0) is 24.3. The fourth-order valence-electron chi connectivity index (χ4n) is 4.40. The summed E-state index contributed by atoms with van der Waals surface area (Å²) in [6, 6.07) is 13.0. The first kappa shape index (κ1) is 24.7. The fourth-order valence-corrected chi connectivity index (χ4v) is 4.66. The third-order valence-corrected chi connectivity index (χ3v) is 7.14. The number of hydrogen-bond donors (Lipinski definition) is 2. The van der Waals surface area contributed by atoms with Crippen LogP contribution in [0, 0.1) is 0 Å². The Balaban J connectivity index is 1.50. The Bertz CT molecular complexity index is 1050. The fraction of sp³-hybridized carbons (Fsp3) is 0.440. The molecule has 3 amide bonds. The molecular weight excluding hydrogens is 500 g/mol. The molecule has 1 fully saturated rings. The molecule has 2 aromatic rings. The van der Waals surface area contributed by atoms with Gasteiger partial charge in [-0.25, -0.2) is 4.79 Å². The van der Waals surface area contributed by atoms with Crippen molar-refractivity contribution in [3.05, 3.63) is 58.1 Å². The van der Waals surface area contributed by atoms with Gasteiger partial charge in [0.05, 0.1) is 19.8 Å². The minimum atomic E-state index is -1.16. The molecule has 182 valence electrons. The molecule has 0 bridgehead atoms. The molecule has 9 heteroatoms. The number of likely N-dealkylation sites (N-methyl/N-ethyl adjacent to an activating group) is 1. The quantitative estimate of drug-likeness (QED) is 0.533. The highest BCUT2D eigenvalue weighted by Crippen LogP contribution is 2.35. The van der Waals surface area contributed by atoms with Gasteiger partial charge in [-0.05, 0) is 67.9 Å². The van der Waals surface area contributed by atoms with Crippen molar-refractivity contribution in [3.63, 3.8) is 0 Å². The lowest BCUT2D eigenvalue weighted by atomic mass is 9.82. The van der Waals surface area contributed by atoms with Gasteiger partial charge in [-0.3, -0.25) is 4.79 Å². The Morgan fingerprint density at radius 2 is 1.82 bits per heavy atom. The number of nitrogens with zero attached hydrogens (tertiary/aromatic N) is 2. The largest absolute Gasteiger partial charge is 0.382 e. The molecule has 4 rings (SSSR count). The topological polar surface area (TPSA) is 83.1 Å². The summed E-state index contributed by atoms with van der Waals surface area (Å²) < 4.78 is 11.9. The maximum Gasteiger partial charge on any atom is 0.322 e. The average Bonchev–Trinajstić information content (AvgIpc) is 2.81. The lowest BCUT2D eigenvalue weighted by molar-refractivity contribution is -0.162. The summed E-state index contributed by atoms with van der Waals surface area (Å²) in [4.78, 5) is 30.4. The maximum atomic E-state index is 13.5. The second-order valence-electron chi connectivity index (χ2n) is 8.97. The number of hydrogen-bond acceptors (Lipinski definition) is 5. The number of carbonyl (C=O) groups excluding carboxylic acids is 2. The lowest BCUT2D eigenvalue weighted by Gasteiger charge is -2.54. The molecule has 0 spiro atoms. The van der Waals surface area contributed by atoms with Crippen molar-refractivity contribution < 1.29 is 19.1 Å². The van der Waals surface area contributed by atoms with Crippen LogP contribution in [0.4, 0.5) is 16.2 Å². The number of halogens is 1. The van der Waals surface area contributed by atoms with E-state index in [0.29, 0.717) is 25.4 Å². The van der Waals surface area contributed by atoms with Crippen LogP contribution in [0.3, 0.4) is 0 Å². The number of anilines is 2. The number of urea groups is 1. The number of methoxy groups -OCH3 is 1. The van der Waals surface area contributed by atoms with Crippen LogP contribution in [0.2, 0.25) is 0 Å². The van der Waals surface area contributed by atoms with E-state index in [-0.39, 0.29) is 11.9 Å². The Kier molecular flexibility index (Phi) is 7.57. The highest BCUT2D eigenvalue weighted by Gasteiger charge is 2.58. The maximum absolute atomic E-state index is 13.5. The second-order valence-corrected chi connectivity index (χ2v) is 9.89. The van der Waals surface area contributed by atoms with E-state index >= 15 is 0 Å². The van der Waals surface area contributed by atoms with Crippen LogP contribution >= 0.6 is 15.9 Å². The average molecular weight is 531 g/mol. The van der Waals surface area contributed by atoms with Gasteiger partial charge in [0.25, 0.3) is 5.91 Å². The van der Waals surface area contributed by atoms with E-state index in [9.17, 15) is 9.59 Å². The minimum Gasteiger partial charge on any atom is -0.382 e. The molecule has 8 nitrogen and oxygen atoms in total. The van der Waals surface area contributed by atoms with Gasteiger partial charge in [0.1, 0.15) is 11.6 Å². The summed E-state index contributed by atoms with van der Waals surface area (Å²) in [5, 5.41) is 5.91. The second kappa shape index (κ2) is 10.4. The molecule has 0 saturated carbocycles. The zero-order valence-corrected chi connectivity index (χ0v) is 21.4. The Morgan fingerprint density at radius 1 is 1.09 bits per heavy atom. The molecule has 2 N–H and O–H groups in total. The molecule has 0 unspecified atom stereocenters. The minimum absolute atomic E-state index is 0.278. The number of fused-ring (bicyclic) bond motifs is 1. The summed E-state index contributed by atoms with van der Waals surface area (Å²) in [5.41, 5.74) is 2.73. The van der Waals surface area contributed by atoms with Crippen LogP contribution in [0.1, 0.15) is 18.1 Å². The van der Waals surface area contributed by atoms with Gasteiger partial charge in [-0.1, -0.05) is 22.0 Å². The number of ether oxygens (including phenoxy) is 2. The van der Waals surface area contributed by atoms with Gasteiger partial charge in [-0.2, -0.15) is 0 Å². The summed E-state index contributed by atoms with van der Waals surface area (Å²) >= 11 is 3.39. The van der Waals surface area contributed by atoms with Gasteiger partial charge >= 0.3 is 6.03 Å². The van der Waals surface area contributed by atoms with Crippen LogP contribution in [0.15, 0.2) is 46.9 Å². The smallest absolute Gasteiger partial charge is 0.322 e. The molecule has 34 heavy (non-hydrogen) atoms. The molecule has 2 heterocycles. The van der Waals surface area contributed by atoms with Crippen molar-refractivity contribution in [1.29, 1.82) is 0 Å². The predicted octanol–water partition coefficient (Wildman–Crippen LogP) is 3.71. The summed E-state index contributed by atoms with van der Waals surface area (Å²) in [7, 11) is 3.70. The first-order chi connectivity index (χ1) is 16.3. The number of likely N-dealkylation sites (tertiary alicyclic amines) is 1. The Hall–Kier alpha value is -2.46. The summed E-state index contributed by atoms with van der Waals surface area (Å²) in [6.45, 7) is 4.71. The van der Waals surface area contributed by atoms with Gasteiger partial charge < -0.3 is 29.9 Å². The van der Waals surface area contributed by atoms with Crippen molar-refractivity contribution >= 4 is 39.2 Å². The van der Waals surface area contributed by atoms with Crippen molar-refractivity contribution in [2.24, 2.45) is 0 Å². The van der Waals surface area contributed by atoms with Crippen molar-refractivity contribution in [2.45, 2.75) is 31.5 Å². The van der Waals surface area contributed by atoms with E-state index in [1.165, 1.54) is 16.0 Å². The highest BCUT2D eigenvalue weighted by atomic mass is 79.9. The van der Waals surface area contributed by atoms with E-state index in [4.69, 9.17) is 9.47 Å². The first-order valence-electron chi connectivity index (χ1n) is 11.4. The van der Waals surface area contributed by atoms with Crippen LogP contribution in [0.5, 0.6) is 0 Å². The highest BCUT2D eigenvalue weighted by molar-refractivity contribution is 9.10. The van der Waals surface area contributed by atoms with Crippen molar-refractivity contribution in [3.8, 4) is 0 Å². The van der Waals surface area contributed by atoms with Crippen LogP contribution in [0.25, 0.3) is 0 Å². The van der Waals surface area contributed by atoms with Gasteiger partial charge in [-0.15, -0.1) is 0 Å². The number of carbonyl (C=O) groups is 2. The number of amides is 3. The predicted molar refractivity (Wildman–Crippen MR) is 135 cm³/mol. The van der Waals surface area contributed by atoms with E-state index < -0.39 is 11.6 Å².